The van der Waals surface area contributed by atoms with Gasteiger partial charge in [0.25, 0.3) is 0 Å². The summed E-state index contributed by atoms with van der Waals surface area (Å²) in [5.41, 5.74) is 0.973. The van der Waals surface area contributed by atoms with E-state index in [4.69, 9.17) is 14.6 Å². The SMILES string of the molecule is O[C@@H]1[C@@H](O)[C@H](OCc2ccccc2)CO[C@H]1O. The van der Waals surface area contributed by atoms with Crippen LogP contribution in [0.3, 0.4) is 0 Å². The zero-order valence-corrected chi connectivity index (χ0v) is 9.27. The molecule has 4 atom stereocenters. The summed E-state index contributed by atoms with van der Waals surface area (Å²) in [6.07, 6.45) is -4.44. The Morgan fingerprint density at radius 2 is 1.82 bits per heavy atom. The van der Waals surface area contributed by atoms with Crippen molar-refractivity contribution in [1.82, 2.24) is 0 Å². The Hall–Kier alpha value is -0.980. The molecule has 5 heteroatoms. The Labute approximate surface area is 99.2 Å². The maximum absolute atomic E-state index is 9.67. The lowest BCUT2D eigenvalue weighted by Crippen LogP contribution is -2.53. The molecule has 1 saturated heterocycles. The highest BCUT2D eigenvalue weighted by Crippen LogP contribution is 2.17. The smallest absolute Gasteiger partial charge is 0.183 e. The summed E-state index contributed by atoms with van der Waals surface area (Å²) in [5.74, 6) is 0. The Morgan fingerprint density at radius 3 is 2.53 bits per heavy atom. The third-order valence-corrected chi connectivity index (χ3v) is 2.76. The van der Waals surface area contributed by atoms with Crippen molar-refractivity contribution in [3.63, 3.8) is 0 Å². The number of hydrogen-bond donors (Lipinski definition) is 3. The van der Waals surface area contributed by atoms with Crippen LogP contribution < -0.4 is 0 Å². The second-order valence-corrected chi connectivity index (χ2v) is 4.04. The molecule has 1 heterocycles. The molecule has 0 aliphatic carbocycles. The summed E-state index contributed by atoms with van der Waals surface area (Å²) in [4.78, 5) is 0. The normalized spacial score (nSPS) is 33.6. The first-order chi connectivity index (χ1) is 8.18. The molecule has 0 aromatic heterocycles. The monoisotopic (exact) mass is 240 g/mol. The molecule has 0 saturated carbocycles. The van der Waals surface area contributed by atoms with Crippen molar-refractivity contribution < 1.29 is 24.8 Å². The van der Waals surface area contributed by atoms with Gasteiger partial charge in [-0.1, -0.05) is 30.3 Å². The van der Waals surface area contributed by atoms with E-state index in [2.05, 4.69) is 0 Å². The van der Waals surface area contributed by atoms with Gasteiger partial charge in [0.05, 0.1) is 13.2 Å². The molecular formula is C12H16O5. The van der Waals surface area contributed by atoms with Gasteiger partial charge in [-0.3, -0.25) is 0 Å². The molecule has 2 rings (SSSR count). The molecule has 17 heavy (non-hydrogen) atoms. The minimum absolute atomic E-state index is 0.0617. The minimum Gasteiger partial charge on any atom is -0.387 e. The van der Waals surface area contributed by atoms with Crippen LogP contribution in [0.5, 0.6) is 0 Å². The lowest BCUT2D eigenvalue weighted by atomic mass is 10.1. The van der Waals surface area contributed by atoms with Gasteiger partial charge in [-0.05, 0) is 5.56 Å². The second-order valence-electron chi connectivity index (χ2n) is 4.04. The molecule has 0 spiro atoms. The zero-order valence-electron chi connectivity index (χ0n) is 9.27. The van der Waals surface area contributed by atoms with Gasteiger partial charge in [0, 0.05) is 0 Å². The van der Waals surface area contributed by atoms with Gasteiger partial charge in [-0.25, -0.2) is 0 Å². The second kappa shape index (κ2) is 5.57. The van der Waals surface area contributed by atoms with Crippen LogP contribution >= 0.6 is 0 Å². The average molecular weight is 240 g/mol. The molecule has 3 N–H and O–H groups in total. The lowest BCUT2D eigenvalue weighted by molar-refractivity contribution is -0.261. The van der Waals surface area contributed by atoms with Crippen LogP contribution in [-0.4, -0.2) is 46.5 Å². The fourth-order valence-corrected chi connectivity index (χ4v) is 1.70. The first kappa shape index (κ1) is 12.5. The topological polar surface area (TPSA) is 79.2 Å². The van der Waals surface area contributed by atoms with Gasteiger partial charge in [0.2, 0.25) is 0 Å². The fourth-order valence-electron chi connectivity index (χ4n) is 1.70. The summed E-state index contributed by atoms with van der Waals surface area (Å²) in [5, 5.41) is 28.2. The highest BCUT2D eigenvalue weighted by molar-refractivity contribution is 5.13. The van der Waals surface area contributed by atoms with Crippen molar-refractivity contribution in [3.8, 4) is 0 Å². The van der Waals surface area contributed by atoms with E-state index in [-0.39, 0.29) is 6.61 Å². The van der Waals surface area contributed by atoms with Crippen LogP contribution in [-0.2, 0) is 16.1 Å². The minimum atomic E-state index is -1.35. The van der Waals surface area contributed by atoms with E-state index in [0.29, 0.717) is 6.61 Å². The first-order valence-electron chi connectivity index (χ1n) is 5.50. The summed E-state index contributed by atoms with van der Waals surface area (Å²) >= 11 is 0. The van der Waals surface area contributed by atoms with Crippen molar-refractivity contribution in [3.05, 3.63) is 35.9 Å². The van der Waals surface area contributed by atoms with E-state index < -0.39 is 24.6 Å². The number of rotatable bonds is 3. The summed E-state index contributed by atoms with van der Waals surface area (Å²) in [6, 6.07) is 9.50. The molecule has 5 nitrogen and oxygen atoms in total. The van der Waals surface area contributed by atoms with E-state index in [1.165, 1.54) is 0 Å². The Balaban J connectivity index is 1.87. The Kier molecular flexibility index (Phi) is 4.09. The Bertz CT molecular complexity index is 342. The van der Waals surface area contributed by atoms with Crippen molar-refractivity contribution >= 4 is 0 Å². The van der Waals surface area contributed by atoms with Crippen LogP contribution in [0.15, 0.2) is 30.3 Å². The predicted molar refractivity (Wildman–Crippen MR) is 59.0 cm³/mol. The number of hydrogen-bond acceptors (Lipinski definition) is 5. The number of benzene rings is 1. The van der Waals surface area contributed by atoms with E-state index >= 15 is 0 Å². The molecule has 0 bridgehead atoms. The van der Waals surface area contributed by atoms with Crippen molar-refractivity contribution in [1.29, 1.82) is 0 Å². The lowest BCUT2D eigenvalue weighted by Gasteiger charge is -2.34. The highest BCUT2D eigenvalue weighted by atomic mass is 16.6. The van der Waals surface area contributed by atoms with Gasteiger partial charge in [0.1, 0.15) is 18.3 Å². The molecule has 1 aliphatic heterocycles. The summed E-state index contributed by atoms with van der Waals surface area (Å²) in [7, 11) is 0. The maximum atomic E-state index is 9.67. The largest absolute Gasteiger partial charge is 0.387 e. The third kappa shape index (κ3) is 3.02. The van der Waals surface area contributed by atoms with Gasteiger partial charge in [-0.2, -0.15) is 0 Å². The summed E-state index contributed by atoms with van der Waals surface area (Å²) in [6.45, 7) is 0.390. The molecule has 0 amide bonds. The van der Waals surface area contributed by atoms with Crippen molar-refractivity contribution in [2.24, 2.45) is 0 Å². The average Bonchev–Trinajstić information content (AvgIpc) is 2.36. The van der Waals surface area contributed by atoms with Crippen LogP contribution in [0, 0.1) is 0 Å². The third-order valence-electron chi connectivity index (χ3n) is 2.76. The summed E-state index contributed by atoms with van der Waals surface area (Å²) < 4.78 is 10.3. The van der Waals surface area contributed by atoms with E-state index in [1.807, 2.05) is 30.3 Å². The molecule has 0 unspecified atom stereocenters. The molecule has 0 radical (unpaired) electrons. The number of ether oxygens (including phenoxy) is 2. The molecule has 1 aromatic carbocycles. The maximum Gasteiger partial charge on any atom is 0.183 e. The van der Waals surface area contributed by atoms with Crippen LogP contribution in [0.2, 0.25) is 0 Å². The van der Waals surface area contributed by atoms with Crippen LogP contribution in [0.1, 0.15) is 5.56 Å². The standard InChI is InChI=1S/C12H16O5/c13-10-9(7-17-12(15)11(10)14)16-6-8-4-2-1-3-5-8/h1-5,9-15H,6-7H2/t9-,10+,11-,12-/m1/s1. The quantitative estimate of drug-likeness (QED) is 0.672. The first-order valence-corrected chi connectivity index (χ1v) is 5.50. The van der Waals surface area contributed by atoms with Crippen LogP contribution in [0.25, 0.3) is 0 Å². The van der Waals surface area contributed by atoms with Crippen molar-refractivity contribution in [2.75, 3.05) is 6.61 Å². The van der Waals surface area contributed by atoms with Crippen molar-refractivity contribution in [2.45, 2.75) is 31.2 Å². The molecule has 1 fully saturated rings. The van der Waals surface area contributed by atoms with E-state index in [9.17, 15) is 10.2 Å². The molecule has 94 valence electrons. The zero-order chi connectivity index (χ0) is 12.3. The molecule has 1 aromatic rings. The number of aliphatic hydroxyl groups excluding tert-OH is 3. The fraction of sp³-hybridized carbons (Fsp3) is 0.500. The highest BCUT2D eigenvalue weighted by Gasteiger charge is 2.38. The van der Waals surface area contributed by atoms with Gasteiger partial charge >= 0.3 is 0 Å². The van der Waals surface area contributed by atoms with E-state index in [0.717, 1.165) is 5.56 Å². The van der Waals surface area contributed by atoms with Gasteiger partial charge in [0.15, 0.2) is 6.29 Å². The molecule has 1 aliphatic rings. The van der Waals surface area contributed by atoms with Crippen LogP contribution in [0.4, 0.5) is 0 Å². The van der Waals surface area contributed by atoms with Gasteiger partial charge in [-0.15, -0.1) is 0 Å². The van der Waals surface area contributed by atoms with E-state index in [1.54, 1.807) is 0 Å². The molecular weight excluding hydrogens is 224 g/mol. The Morgan fingerprint density at radius 1 is 1.12 bits per heavy atom. The number of aliphatic hydroxyl groups is 3. The predicted octanol–water partition coefficient (Wildman–Crippen LogP) is -0.358. The van der Waals surface area contributed by atoms with Gasteiger partial charge < -0.3 is 24.8 Å².